The van der Waals surface area contributed by atoms with E-state index in [0.29, 0.717) is 34.5 Å². The zero-order valence-corrected chi connectivity index (χ0v) is 22.9. The number of halogens is 5. The molecule has 0 aromatic heterocycles. The summed E-state index contributed by atoms with van der Waals surface area (Å²) in [5, 5.41) is 0.251. The van der Waals surface area contributed by atoms with Crippen LogP contribution in [0.15, 0.2) is 65.6 Å². The van der Waals surface area contributed by atoms with Gasteiger partial charge in [0.1, 0.15) is 5.82 Å². The molecule has 0 aliphatic carbocycles. The maximum atomic E-state index is 14.5. The Morgan fingerprint density at radius 1 is 1.05 bits per heavy atom. The molecule has 0 saturated carbocycles. The van der Waals surface area contributed by atoms with E-state index in [2.05, 4.69) is 11.8 Å². The van der Waals surface area contributed by atoms with E-state index in [1.807, 2.05) is 12.1 Å². The smallest absolute Gasteiger partial charge is 0.365 e. The van der Waals surface area contributed by atoms with Crippen molar-refractivity contribution < 1.29 is 26.0 Å². The van der Waals surface area contributed by atoms with E-state index in [9.17, 15) is 26.0 Å². The molecular formula is C29H27ClF4N2O2S. The van der Waals surface area contributed by atoms with Crippen molar-refractivity contribution in [2.24, 2.45) is 5.92 Å². The summed E-state index contributed by atoms with van der Waals surface area (Å²) in [6.45, 7) is 4.68. The molecule has 206 valence electrons. The SMILES string of the molecule is C/C(=C\c1ccc2c(c1)N(S(=O)(=O)c1cccc(C(F)(F)F)c1)C[C@@H]1CC(C)CCN21)c1c(F)cccc1Cl. The summed E-state index contributed by atoms with van der Waals surface area (Å²) in [6.07, 6.45) is -1.25. The van der Waals surface area contributed by atoms with Gasteiger partial charge < -0.3 is 4.90 Å². The van der Waals surface area contributed by atoms with Crippen LogP contribution >= 0.6 is 11.6 Å². The van der Waals surface area contributed by atoms with Crippen LogP contribution in [0.1, 0.15) is 43.4 Å². The number of hydrogen-bond donors (Lipinski definition) is 0. The summed E-state index contributed by atoms with van der Waals surface area (Å²) in [7, 11) is -4.33. The first kappa shape index (κ1) is 27.5. The fourth-order valence-corrected chi connectivity index (χ4v) is 7.36. The van der Waals surface area contributed by atoms with Gasteiger partial charge in [0.15, 0.2) is 0 Å². The van der Waals surface area contributed by atoms with E-state index in [1.165, 1.54) is 22.5 Å². The van der Waals surface area contributed by atoms with Crippen LogP contribution in [0, 0.1) is 11.7 Å². The number of hydrogen-bond acceptors (Lipinski definition) is 3. The summed E-state index contributed by atoms with van der Waals surface area (Å²) in [5.74, 6) is -0.0884. The van der Waals surface area contributed by atoms with E-state index in [0.717, 1.165) is 31.5 Å². The molecule has 0 N–H and O–H groups in total. The van der Waals surface area contributed by atoms with Gasteiger partial charge in [-0.3, -0.25) is 4.31 Å². The lowest BCUT2D eigenvalue weighted by Crippen LogP contribution is -2.54. The van der Waals surface area contributed by atoms with Crippen LogP contribution in [0.4, 0.5) is 28.9 Å². The van der Waals surface area contributed by atoms with Gasteiger partial charge in [0.05, 0.1) is 33.4 Å². The van der Waals surface area contributed by atoms with Crippen molar-refractivity contribution in [3.05, 3.63) is 88.2 Å². The minimum absolute atomic E-state index is 0.109. The van der Waals surface area contributed by atoms with Crippen LogP contribution in [0.3, 0.4) is 0 Å². The molecule has 3 aromatic carbocycles. The van der Waals surface area contributed by atoms with Crippen molar-refractivity contribution in [3.63, 3.8) is 0 Å². The predicted molar refractivity (Wildman–Crippen MR) is 147 cm³/mol. The van der Waals surface area contributed by atoms with Crippen molar-refractivity contribution in [1.29, 1.82) is 0 Å². The minimum Gasteiger partial charge on any atom is -0.365 e. The second-order valence-electron chi connectivity index (χ2n) is 10.2. The lowest BCUT2D eigenvalue weighted by Gasteiger charge is -2.47. The molecule has 0 bridgehead atoms. The van der Waals surface area contributed by atoms with Gasteiger partial charge in [-0.15, -0.1) is 0 Å². The molecule has 5 rings (SSSR count). The fraction of sp³-hybridized carbons (Fsp3) is 0.310. The normalized spacial score (nSPS) is 20.0. The zero-order valence-electron chi connectivity index (χ0n) is 21.3. The molecular weight excluding hydrogens is 552 g/mol. The van der Waals surface area contributed by atoms with Crippen molar-refractivity contribution in [2.75, 3.05) is 22.3 Å². The first-order valence-corrected chi connectivity index (χ1v) is 14.4. The monoisotopic (exact) mass is 578 g/mol. The average molecular weight is 579 g/mol. The lowest BCUT2D eigenvalue weighted by atomic mass is 9.90. The molecule has 0 radical (unpaired) electrons. The molecule has 0 spiro atoms. The average Bonchev–Trinajstić information content (AvgIpc) is 2.87. The molecule has 1 fully saturated rings. The number of piperidine rings is 1. The molecule has 1 saturated heterocycles. The van der Waals surface area contributed by atoms with Gasteiger partial charge in [-0.2, -0.15) is 13.2 Å². The Morgan fingerprint density at radius 3 is 2.51 bits per heavy atom. The molecule has 2 atom stereocenters. The Bertz CT molecular complexity index is 1530. The highest BCUT2D eigenvalue weighted by atomic mass is 35.5. The molecule has 4 nitrogen and oxygen atoms in total. The Balaban J connectivity index is 1.63. The van der Waals surface area contributed by atoms with Crippen LogP contribution < -0.4 is 9.21 Å². The second kappa shape index (κ2) is 10.2. The number of anilines is 2. The quantitative estimate of drug-likeness (QED) is 0.234. The molecule has 0 amide bonds. The molecule has 2 heterocycles. The number of rotatable bonds is 4. The first-order valence-electron chi connectivity index (χ1n) is 12.6. The van der Waals surface area contributed by atoms with E-state index in [4.69, 9.17) is 11.6 Å². The third-order valence-electron chi connectivity index (χ3n) is 7.42. The Labute approximate surface area is 230 Å². The third kappa shape index (κ3) is 5.26. The molecule has 39 heavy (non-hydrogen) atoms. The summed E-state index contributed by atoms with van der Waals surface area (Å²) < 4.78 is 83.8. The number of benzene rings is 3. The number of sulfonamides is 1. The second-order valence-corrected chi connectivity index (χ2v) is 12.5. The van der Waals surface area contributed by atoms with Crippen LogP contribution in [-0.4, -0.2) is 27.5 Å². The topological polar surface area (TPSA) is 40.6 Å². The maximum absolute atomic E-state index is 14.5. The van der Waals surface area contributed by atoms with Crippen LogP contribution in [0.2, 0.25) is 5.02 Å². The van der Waals surface area contributed by atoms with Crippen LogP contribution in [-0.2, 0) is 16.2 Å². The summed E-state index contributed by atoms with van der Waals surface area (Å²) in [4.78, 5) is 1.76. The van der Waals surface area contributed by atoms with E-state index in [1.54, 1.807) is 25.1 Å². The maximum Gasteiger partial charge on any atom is 0.416 e. The molecule has 2 aliphatic rings. The summed E-state index contributed by atoms with van der Waals surface area (Å²) in [6, 6.07) is 13.5. The van der Waals surface area contributed by atoms with Crippen molar-refractivity contribution in [1.82, 2.24) is 0 Å². The van der Waals surface area contributed by atoms with Crippen LogP contribution in [0.5, 0.6) is 0 Å². The highest BCUT2D eigenvalue weighted by Gasteiger charge is 2.40. The van der Waals surface area contributed by atoms with Gasteiger partial charge >= 0.3 is 6.18 Å². The highest BCUT2D eigenvalue weighted by Crippen LogP contribution is 2.43. The standard InChI is InChI=1S/C29H27ClF4N2O2S/c1-18-11-12-35-22(13-18)17-36(39(37,38)23-6-3-5-21(16-23)29(32,33)34)27-15-20(9-10-26(27)35)14-19(2)28-24(30)7-4-8-25(28)31/h3-10,14-16,18,22H,11-13,17H2,1-2H3/b19-14+/t18?,22-/m0/s1. The fourth-order valence-electron chi connectivity index (χ4n) is 5.49. The number of fused-ring (bicyclic) bond motifs is 3. The Kier molecular flexibility index (Phi) is 7.18. The van der Waals surface area contributed by atoms with Crippen LogP contribution in [0.25, 0.3) is 11.6 Å². The summed E-state index contributed by atoms with van der Waals surface area (Å²) >= 11 is 6.23. The minimum atomic E-state index is -4.68. The highest BCUT2D eigenvalue weighted by molar-refractivity contribution is 7.92. The van der Waals surface area contributed by atoms with E-state index >= 15 is 0 Å². The lowest BCUT2D eigenvalue weighted by molar-refractivity contribution is -0.137. The van der Waals surface area contributed by atoms with E-state index < -0.39 is 32.5 Å². The van der Waals surface area contributed by atoms with Crippen molar-refractivity contribution in [3.8, 4) is 0 Å². The van der Waals surface area contributed by atoms with Gasteiger partial charge in [0, 0.05) is 18.2 Å². The third-order valence-corrected chi connectivity index (χ3v) is 9.51. The largest absolute Gasteiger partial charge is 0.416 e. The van der Waals surface area contributed by atoms with Gasteiger partial charge in [-0.05, 0) is 79.3 Å². The predicted octanol–water partition coefficient (Wildman–Crippen LogP) is 7.87. The number of alkyl halides is 3. The molecule has 2 aliphatic heterocycles. The van der Waals surface area contributed by atoms with Gasteiger partial charge in [0.25, 0.3) is 10.0 Å². The number of nitrogens with zero attached hydrogens (tertiary/aromatic N) is 2. The summed E-state index contributed by atoms with van der Waals surface area (Å²) in [5.41, 5.74) is 1.45. The van der Waals surface area contributed by atoms with Crippen molar-refractivity contribution in [2.45, 2.75) is 43.8 Å². The van der Waals surface area contributed by atoms with Crippen molar-refractivity contribution >= 4 is 44.6 Å². The molecule has 1 unspecified atom stereocenters. The van der Waals surface area contributed by atoms with Gasteiger partial charge in [-0.25, -0.2) is 12.8 Å². The Morgan fingerprint density at radius 2 is 1.79 bits per heavy atom. The van der Waals surface area contributed by atoms with Gasteiger partial charge in [-0.1, -0.05) is 42.8 Å². The zero-order chi connectivity index (χ0) is 28.1. The Hall–Kier alpha value is -3.04. The number of allylic oxidation sites excluding steroid dienone is 1. The van der Waals surface area contributed by atoms with E-state index in [-0.39, 0.29) is 23.2 Å². The van der Waals surface area contributed by atoms with Gasteiger partial charge in [0.2, 0.25) is 0 Å². The molecule has 10 heteroatoms. The first-order chi connectivity index (χ1) is 18.4. The molecule has 3 aromatic rings.